The van der Waals surface area contributed by atoms with Crippen LogP contribution in [0.3, 0.4) is 0 Å². The summed E-state index contributed by atoms with van der Waals surface area (Å²) in [6.45, 7) is -1.50. The average Bonchev–Trinajstić information content (AvgIpc) is 3.05. The smallest absolute Gasteiger partial charge is 0.417 e. The second-order valence-electron chi connectivity index (χ2n) is 8.02. The third-order valence-corrected chi connectivity index (χ3v) is 5.96. The van der Waals surface area contributed by atoms with Crippen LogP contribution in [0, 0.1) is 11.7 Å². The lowest BCUT2D eigenvalue weighted by Gasteiger charge is -2.32. The van der Waals surface area contributed by atoms with E-state index in [1.54, 1.807) is 0 Å². The van der Waals surface area contributed by atoms with Gasteiger partial charge in [0.05, 0.1) is 0 Å². The molecule has 2 N–H and O–H groups in total. The number of carbonyl (C=O) groups is 2. The number of aromatic nitrogens is 1. The van der Waals surface area contributed by atoms with Crippen LogP contribution < -0.4 is 15.4 Å². The number of benzene rings is 1. The molecule has 0 bridgehead atoms. The van der Waals surface area contributed by atoms with Gasteiger partial charge in [0.1, 0.15) is 23.4 Å². The monoisotopic (exact) mass is 505 g/mol. The SMILES string of the molecule is CNC(=O)c1cc(NC(=O)[C@@H]2O[C@](C)(C(F)(F)F)[C@H](C)[C@@H]2c2ccc(F)cc2OC(F)F)ccn1. The number of hydrogen-bond donors (Lipinski definition) is 2. The number of rotatable bonds is 6. The number of pyridine rings is 1. The van der Waals surface area contributed by atoms with E-state index in [4.69, 9.17) is 4.74 Å². The lowest BCUT2D eigenvalue weighted by atomic mass is 9.77. The van der Waals surface area contributed by atoms with Crippen molar-refractivity contribution in [2.24, 2.45) is 5.92 Å². The third-order valence-electron chi connectivity index (χ3n) is 5.96. The van der Waals surface area contributed by atoms with Gasteiger partial charge in [0.15, 0.2) is 5.60 Å². The molecule has 2 amide bonds. The number of ether oxygens (including phenoxy) is 2. The number of alkyl halides is 5. The molecule has 1 fully saturated rings. The van der Waals surface area contributed by atoms with Crippen LogP contribution in [-0.2, 0) is 9.53 Å². The molecule has 2 heterocycles. The largest absolute Gasteiger partial charge is 0.434 e. The predicted molar refractivity (Wildman–Crippen MR) is 111 cm³/mol. The van der Waals surface area contributed by atoms with Crippen molar-refractivity contribution in [3.05, 3.63) is 53.6 Å². The number of carbonyl (C=O) groups excluding carboxylic acids is 2. The lowest BCUT2D eigenvalue weighted by Crippen LogP contribution is -2.47. The number of nitrogens with zero attached hydrogens (tertiary/aromatic N) is 1. The zero-order chi connectivity index (χ0) is 26.1. The topological polar surface area (TPSA) is 89.6 Å². The van der Waals surface area contributed by atoms with Gasteiger partial charge in [-0.1, -0.05) is 13.0 Å². The first-order valence-electron chi connectivity index (χ1n) is 10.3. The summed E-state index contributed by atoms with van der Waals surface area (Å²) >= 11 is 0. The van der Waals surface area contributed by atoms with Gasteiger partial charge in [-0.2, -0.15) is 22.0 Å². The Morgan fingerprint density at radius 3 is 2.49 bits per heavy atom. The molecule has 1 aliphatic rings. The summed E-state index contributed by atoms with van der Waals surface area (Å²) in [6.07, 6.45) is -5.57. The first-order valence-corrected chi connectivity index (χ1v) is 10.3. The van der Waals surface area contributed by atoms with Gasteiger partial charge in [0, 0.05) is 42.4 Å². The Labute approximate surface area is 195 Å². The van der Waals surface area contributed by atoms with Gasteiger partial charge in [-0.05, 0) is 25.1 Å². The predicted octanol–water partition coefficient (Wildman–Crippen LogP) is 4.26. The van der Waals surface area contributed by atoms with E-state index in [-0.39, 0.29) is 16.9 Å². The molecular weight excluding hydrogens is 484 g/mol. The van der Waals surface area contributed by atoms with Gasteiger partial charge in [-0.15, -0.1) is 0 Å². The van der Waals surface area contributed by atoms with Crippen molar-refractivity contribution in [2.75, 3.05) is 12.4 Å². The number of hydrogen-bond acceptors (Lipinski definition) is 5. The number of nitrogens with one attached hydrogen (secondary N) is 2. The highest BCUT2D eigenvalue weighted by Gasteiger charge is 2.65. The molecule has 1 aromatic heterocycles. The first kappa shape index (κ1) is 26.3. The first-order chi connectivity index (χ1) is 16.3. The summed E-state index contributed by atoms with van der Waals surface area (Å²) in [5, 5.41) is 4.71. The fourth-order valence-electron chi connectivity index (χ4n) is 3.98. The van der Waals surface area contributed by atoms with E-state index in [9.17, 15) is 35.9 Å². The van der Waals surface area contributed by atoms with Crippen molar-refractivity contribution >= 4 is 17.5 Å². The molecule has 0 saturated carbocycles. The molecule has 0 aliphatic carbocycles. The molecule has 190 valence electrons. The fourth-order valence-corrected chi connectivity index (χ4v) is 3.98. The van der Waals surface area contributed by atoms with Crippen LogP contribution in [0.5, 0.6) is 5.75 Å². The Balaban J connectivity index is 2.04. The van der Waals surface area contributed by atoms with E-state index >= 15 is 0 Å². The van der Waals surface area contributed by atoms with Crippen molar-refractivity contribution in [3.8, 4) is 5.75 Å². The maximum absolute atomic E-state index is 14.0. The van der Waals surface area contributed by atoms with Crippen LogP contribution in [0.15, 0.2) is 36.5 Å². The second-order valence-corrected chi connectivity index (χ2v) is 8.02. The highest BCUT2D eigenvalue weighted by atomic mass is 19.4. The van der Waals surface area contributed by atoms with Crippen LogP contribution in [0.4, 0.5) is 32.0 Å². The summed E-state index contributed by atoms with van der Waals surface area (Å²) in [4.78, 5) is 28.7. The molecule has 4 atom stereocenters. The van der Waals surface area contributed by atoms with Crippen molar-refractivity contribution in [2.45, 2.75) is 44.3 Å². The highest BCUT2D eigenvalue weighted by molar-refractivity contribution is 5.97. The molecule has 35 heavy (non-hydrogen) atoms. The Morgan fingerprint density at radius 1 is 1.20 bits per heavy atom. The maximum Gasteiger partial charge on any atom is 0.417 e. The molecule has 0 unspecified atom stereocenters. The normalized spacial score (nSPS) is 24.3. The van der Waals surface area contributed by atoms with Crippen LogP contribution in [0.25, 0.3) is 0 Å². The van der Waals surface area contributed by atoms with Gasteiger partial charge in [0.25, 0.3) is 11.8 Å². The van der Waals surface area contributed by atoms with E-state index < -0.39 is 59.7 Å². The van der Waals surface area contributed by atoms with E-state index in [2.05, 4.69) is 20.4 Å². The molecule has 13 heteroatoms. The van der Waals surface area contributed by atoms with Gasteiger partial charge < -0.3 is 20.1 Å². The molecule has 0 spiro atoms. The minimum Gasteiger partial charge on any atom is -0.434 e. The standard InChI is InChI=1S/C22H21F6N3O4/c1-10-16(13-5-4-11(23)8-15(13)34-20(24)25)17(35-21(10,2)22(26,27)28)19(33)31-12-6-7-30-14(9-12)18(32)29-3/h4-10,16-17,20H,1-3H3,(H,29,32)(H,30,31,33)/t10-,16-,17-,21+/m1/s1. The van der Waals surface area contributed by atoms with Gasteiger partial charge in [0.2, 0.25) is 0 Å². The summed E-state index contributed by atoms with van der Waals surface area (Å²) in [6, 6.07) is 4.93. The number of amides is 2. The van der Waals surface area contributed by atoms with Crippen LogP contribution in [-0.4, -0.2) is 48.3 Å². The Kier molecular flexibility index (Phi) is 7.29. The summed E-state index contributed by atoms with van der Waals surface area (Å²) in [5.41, 5.74) is -3.15. The Morgan fingerprint density at radius 2 is 1.89 bits per heavy atom. The lowest BCUT2D eigenvalue weighted by molar-refractivity contribution is -0.272. The van der Waals surface area contributed by atoms with Crippen LogP contribution >= 0.6 is 0 Å². The van der Waals surface area contributed by atoms with Crippen molar-refractivity contribution in [1.82, 2.24) is 10.3 Å². The van der Waals surface area contributed by atoms with Gasteiger partial charge >= 0.3 is 12.8 Å². The maximum atomic E-state index is 14.0. The minimum atomic E-state index is -4.94. The highest BCUT2D eigenvalue weighted by Crippen LogP contribution is 2.54. The summed E-state index contributed by atoms with van der Waals surface area (Å²) < 4.78 is 91.2. The Hall–Kier alpha value is -3.35. The van der Waals surface area contributed by atoms with Crippen molar-refractivity contribution in [3.63, 3.8) is 0 Å². The van der Waals surface area contributed by atoms with E-state index in [0.29, 0.717) is 6.07 Å². The van der Waals surface area contributed by atoms with Crippen LogP contribution in [0.1, 0.15) is 35.8 Å². The summed E-state index contributed by atoms with van der Waals surface area (Å²) in [7, 11) is 1.35. The van der Waals surface area contributed by atoms with E-state index in [1.165, 1.54) is 25.4 Å². The molecule has 0 radical (unpaired) electrons. The van der Waals surface area contributed by atoms with E-state index in [0.717, 1.165) is 26.0 Å². The van der Waals surface area contributed by atoms with Gasteiger partial charge in [-0.25, -0.2) is 4.39 Å². The molecule has 3 rings (SSSR count). The molecule has 1 aromatic carbocycles. The quantitative estimate of drug-likeness (QED) is 0.573. The molecule has 7 nitrogen and oxygen atoms in total. The molecule has 1 saturated heterocycles. The second kappa shape index (κ2) is 9.72. The van der Waals surface area contributed by atoms with Crippen LogP contribution in [0.2, 0.25) is 0 Å². The van der Waals surface area contributed by atoms with Crippen molar-refractivity contribution < 1.29 is 45.4 Å². The third kappa shape index (κ3) is 5.19. The fraction of sp³-hybridized carbons (Fsp3) is 0.409. The number of halogens is 6. The number of anilines is 1. The summed E-state index contributed by atoms with van der Waals surface area (Å²) in [5.74, 6) is -6.21. The Bertz CT molecular complexity index is 1110. The zero-order valence-electron chi connectivity index (χ0n) is 18.6. The minimum absolute atomic E-state index is 0.0300. The van der Waals surface area contributed by atoms with E-state index in [1.807, 2.05) is 0 Å². The zero-order valence-corrected chi connectivity index (χ0v) is 18.6. The molecular formula is C22H21F6N3O4. The average molecular weight is 505 g/mol. The molecule has 2 aromatic rings. The molecule has 1 aliphatic heterocycles. The van der Waals surface area contributed by atoms with Gasteiger partial charge in [-0.3, -0.25) is 14.6 Å². The van der Waals surface area contributed by atoms with Crippen molar-refractivity contribution in [1.29, 1.82) is 0 Å².